The van der Waals surface area contributed by atoms with Crippen LogP contribution in [0.25, 0.3) is 22.3 Å². The first-order valence-electron chi connectivity index (χ1n) is 10.3. The van der Waals surface area contributed by atoms with E-state index in [1.807, 2.05) is 38.2 Å². The lowest BCUT2D eigenvalue weighted by atomic mass is 10.1. The predicted molar refractivity (Wildman–Crippen MR) is 115 cm³/mol. The van der Waals surface area contributed by atoms with Gasteiger partial charge in [-0.05, 0) is 50.1 Å². The van der Waals surface area contributed by atoms with E-state index in [-0.39, 0.29) is 5.69 Å². The van der Waals surface area contributed by atoms with Gasteiger partial charge in [-0.25, -0.2) is 9.67 Å². The van der Waals surface area contributed by atoms with Gasteiger partial charge >= 0.3 is 0 Å². The van der Waals surface area contributed by atoms with Crippen LogP contribution in [0.15, 0.2) is 24.3 Å². The molecule has 1 fully saturated rings. The van der Waals surface area contributed by atoms with E-state index in [0.29, 0.717) is 18.2 Å². The van der Waals surface area contributed by atoms with Crippen molar-refractivity contribution in [1.82, 2.24) is 30.2 Å². The predicted octanol–water partition coefficient (Wildman–Crippen LogP) is 2.27. The molecule has 1 N–H and O–H groups in total. The molecule has 30 heavy (non-hydrogen) atoms. The molecule has 0 spiro atoms. The molecule has 1 unspecified atom stereocenters. The maximum Gasteiger partial charge on any atom is 0.170 e. The summed E-state index contributed by atoms with van der Waals surface area (Å²) in [5.74, 6) is 0.885. The molecule has 156 valence electrons. The molecule has 1 aliphatic rings. The van der Waals surface area contributed by atoms with E-state index in [9.17, 15) is 5.26 Å². The van der Waals surface area contributed by atoms with Gasteiger partial charge in [-0.1, -0.05) is 5.21 Å². The second kappa shape index (κ2) is 8.78. The molecule has 3 heterocycles. The van der Waals surface area contributed by atoms with Crippen molar-refractivity contribution in [3.63, 3.8) is 0 Å². The van der Waals surface area contributed by atoms with Crippen LogP contribution in [0.3, 0.4) is 0 Å². The summed E-state index contributed by atoms with van der Waals surface area (Å²) in [6.07, 6.45) is 1.01. The highest BCUT2D eigenvalue weighted by atomic mass is 16.5. The second-order valence-corrected chi connectivity index (χ2v) is 7.89. The Morgan fingerprint density at radius 1 is 1.33 bits per heavy atom. The molecule has 2 aromatic heterocycles. The highest BCUT2D eigenvalue weighted by Crippen LogP contribution is 2.28. The van der Waals surface area contributed by atoms with Gasteiger partial charge < -0.3 is 15.0 Å². The number of piperazine rings is 1. The number of aryl methyl sites for hydroxylation is 2. The summed E-state index contributed by atoms with van der Waals surface area (Å²) in [6.45, 7) is 9.28. The zero-order chi connectivity index (χ0) is 21.1. The number of aromatic nitrogens is 4. The van der Waals surface area contributed by atoms with E-state index in [1.165, 1.54) is 0 Å². The molecule has 0 bridgehead atoms. The fraction of sp³-hybridized carbons (Fsp3) is 0.455. The summed E-state index contributed by atoms with van der Waals surface area (Å²) in [7, 11) is 1.81. The maximum absolute atomic E-state index is 9.43. The average Bonchev–Trinajstić information content (AvgIpc) is 3.12. The number of nitrogens with one attached hydrogen (secondary N) is 1. The first-order chi connectivity index (χ1) is 14.5. The van der Waals surface area contributed by atoms with Crippen LogP contribution in [0.1, 0.15) is 24.6 Å². The van der Waals surface area contributed by atoms with Crippen LogP contribution in [-0.4, -0.2) is 63.7 Å². The molecular formula is C22H27N7O. The lowest BCUT2D eigenvalue weighted by Gasteiger charge is -2.31. The summed E-state index contributed by atoms with van der Waals surface area (Å²) < 4.78 is 7.69. The van der Waals surface area contributed by atoms with Gasteiger partial charge in [-0.3, -0.25) is 0 Å². The van der Waals surface area contributed by atoms with E-state index >= 15 is 0 Å². The van der Waals surface area contributed by atoms with E-state index in [4.69, 9.17) is 4.74 Å². The van der Waals surface area contributed by atoms with Gasteiger partial charge in [0, 0.05) is 44.8 Å². The Hall–Kier alpha value is -3.02. The van der Waals surface area contributed by atoms with Crippen LogP contribution in [0.2, 0.25) is 0 Å². The Morgan fingerprint density at radius 3 is 2.97 bits per heavy atom. The molecule has 0 aliphatic carbocycles. The van der Waals surface area contributed by atoms with Crippen molar-refractivity contribution in [2.45, 2.75) is 26.3 Å². The van der Waals surface area contributed by atoms with Gasteiger partial charge in [0.2, 0.25) is 0 Å². The first kappa shape index (κ1) is 20.3. The number of rotatable bonds is 6. The molecule has 3 aromatic rings. The Morgan fingerprint density at radius 2 is 2.20 bits per heavy atom. The monoisotopic (exact) mass is 405 g/mol. The smallest absolute Gasteiger partial charge is 0.170 e. The third-order valence-corrected chi connectivity index (χ3v) is 5.51. The van der Waals surface area contributed by atoms with Crippen LogP contribution in [-0.2, 0) is 7.05 Å². The van der Waals surface area contributed by atoms with Crippen molar-refractivity contribution in [3.8, 4) is 23.1 Å². The maximum atomic E-state index is 9.43. The number of pyridine rings is 1. The van der Waals surface area contributed by atoms with Crippen LogP contribution in [0, 0.1) is 18.3 Å². The minimum Gasteiger partial charge on any atom is -0.493 e. The molecule has 1 saturated heterocycles. The summed E-state index contributed by atoms with van der Waals surface area (Å²) in [6, 6.07) is 10.6. The summed E-state index contributed by atoms with van der Waals surface area (Å²) in [5.41, 5.74) is 4.32. The summed E-state index contributed by atoms with van der Waals surface area (Å²) in [4.78, 5) is 6.97. The van der Waals surface area contributed by atoms with Crippen LogP contribution in [0.4, 0.5) is 0 Å². The van der Waals surface area contributed by atoms with E-state index < -0.39 is 0 Å². The normalized spacial score (nSPS) is 17.2. The Bertz CT molecular complexity index is 1090. The Balaban J connectivity index is 1.43. The Kier molecular flexibility index (Phi) is 5.93. The fourth-order valence-electron chi connectivity index (χ4n) is 3.91. The largest absolute Gasteiger partial charge is 0.493 e. The molecule has 4 rings (SSSR count). The minimum absolute atomic E-state index is 0.288. The molecule has 1 aliphatic heterocycles. The molecule has 1 aromatic carbocycles. The van der Waals surface area contributed by atoms with Crippen LogP contribution in [0.5, 0.6) is 5.75 Å². The highest BCUT2D eigenvalue weighted by Gasteiger charge is 2.15. The van der Waals surface area contributed by atoms with Crippen molar-refractivity contribution in [2.75, 3.05) is 32.8 Å². The number of nitriles is 1. The second-order valence-electron chi connectivity index (χ2n) is 7.89. The van der Waals surface area contributed by atoms with Gasteiger partial charge in [0.1, 0.15) is 17.3 Å². The highest BCUT2D eigenvalue weighted by molar-refractivity contribution is 5.83. The fourth-order valence-corrected chi connectivity index (χ4v) is 3.91. The van der Waals surface area contributed by atoms with E-state index in [1.54, 1.807) is 4.68 Å². The van der Waals surface area contributed by atoms with Gasteiger partial charge in [0.15, 0.2) is 5.69 Å². The van der Waals surface area contributed by atoms with Crippen molar-refractivity contribution in [3.05, 3.63) is 35.5 Å². The minimum atomic E-state index is 0.288. The van der Waals surface area contributed by atoms with Crippen molar-refractivity contribution >= 4 is 11.0 Å². The quantitative estimate of drug-likeness (QED) is 0.629. The number of ether oxygens (including phenoxy) is 1. The molecule has 8 heteroatoms. The molecule has 1 atom stereocenters. The van der Waals surface area contributed by atoms with Gasteiger partial charge in [-0.15, -0.1) is 5.10 Å². The zero-order valence-electron chi connectivity index (χ0n) is 17.7. The number of benzene rings is 1. The van der Waals surface area contributed by atoms with Crippen molar-refractivity contribution in [2.24, 2.45) is 7.05 Å². The number of hydrogen-bond donors (Lipinski definition) is 1. The van der Waals surface area contributed by atoms with Crippen molar-refractivity contribution < 1.29 is 4.74 Å². The molecule has 0 amide bonds. The Labute approximate surface area is 176 Å². The first-order valence-corrected chi connectivity index (χ1v) is 10.3. The summed E-state index contributed by atoms with van der Waals surface area (Å²) in [5, 5.41) is 20.9. The van der Waals surface area contributed by atoms with Gasteiger partial charge in [-0.2, -0.15) is 5.26 Å². The van der Waals surface area contributed by atoms with Crippen LogP contribution < -0.4 is 10.1 Å². The SMILES string of the molecule is Cc1cc(-c2cc3c(nnn3C)c(C#N)n2)ccc1OCCCN1CCNC(C)C1. The molecule has 8 nitrogen and oxygen atoms in total. The van der Waals surface area contributed by atoms with Crippen molar-refractivity contribution in [1.29, 1.82) is 5.26 Å². The molecular weight excluding hydrogens is 378 g/mol. The summed E-state index contributed by atoms with van der Waals surface area (Å²) >= 11 is 0. The van der Waals surface area contributed by atoms with Gasteiger partial charge in [0.05, 0.1) is 17.8 Å². The van der Waals surface area contributed by atoms with E-state index in [2.05, 4.69) is 38.5 Å². The lowest BCUT2D eigenvalue weighted by Crippen LogP contribution is -2.49. The topological polar surface area (TPSA) is 91.9 Å². The average molecular weight is 406 g/mol. The number of nitrogens with zero attached hydrogens (tertiary/aromatic N) is 6. The molecule has 0 saturated carbocycles. The third-order valence-electron chi connectivity index (χ3n) is 5.51. The zero-order valence-corrected chi connectivity index (χ0v) is 17.7. The molecule has 0 radical (unpaired) electrons. The number of fused-ring (bicyclic) bond motifs is 1. The number of hydrogen-bond acceptors (Lipinski definition) is 7. The van der Waals surface area contributed by atoms with E-state index in [0.717, 1.165) is 60.7 Å². The third kappa shape index (κ3) is 4.27. The standard InChI is InChI=1S/C22H27N7O/c1-15-11-17(18-12-20-22(19(13-23)25-18)26-27-28(20)3)5-6-21(15)30-10-4-8-29-9-7-24-16(2)14-29/h5-6,11-12,16,24H,4,7-10,14H2,1-3H3. The van der Waals surface area contributed by atoms with Crippen LogP contribution >= 0.6 is 0 Å². The van der Waals surface area contributed by atoms with Gasteiger partial charge in [0.25, 0.3) is 0 Å². The lowest BCUT2D eigenvalue weighted by molar-refractivity contribution is 0.189.